The molecule has 4 atom stereocenters. The number of hydrogen-bond acceptors (Lipinski definition) is 10. The van der Waals surface area contributed by atoms with Crippen molar-refractivity contribution in [3.63, 3.8) is 0 Å². The number of hydrogen-bond donors (Lipinski definition) is 4. The number of ketones is 1. The molecule has 1 saturated heterocycles. The van der Waals surface area contributed by atoms with Crippen molar-refractivity contribution in [3.8, 4) is 0 Å². The largest absolute Gasteiger partial charge is 0.394 e. The Morgan fingerprint density at radius 2 is 2.13 bits per heavy atom. The molecule has 2 heterocycles. The minimum atomic E-state index is -2.10. The van der Waals surface area contributed by atoms with Crippen LogP contribution < -0.4 is 16.6 Å². The molecule has 11 nitrogen and oxygen atoms in total. The van der Waals surface area contributed by atoms with Gasteiger partial charge in [-0.25, -0.2) is 4.79 Å². The van der Waals surface area contributed by atoms with Crippen molar-refractivity contribution in [1.82, 2.24) is 14.9 Å². The molecule has 4 N–H and O–H groups in total. The van der Waals surface area contributed by atoms with Gasteiger partial charge in [0.1, 0.15) is 18.3 Å². The number of aliphatic hydroxyl groups is 2. The maximum absolute atomic E-state index is 13.2. The molecule has 0 aromatic carbocycles. The molecule has 1 aliphatic rings. The number of methoxy groups -OCH3 is 1. The number of aromatic amines is 1. The number of Topliss-reactive ketones (excluding diaryl/α,β-unsaturated/α-hetero) is 1. The van der Waals surface area contributed by atoms with E-state index >= 15 is 0 Å². The van der Waals surface area contributed by atoms with E-state index in [-0.39, 0.29) is 17.6 Å². The molecule has 12 heteroatoms. The molecule has 0 saturated carbocycles. The Morgan fingerprint density at radius 3 is 2.70 bits per heavy atom. The number of carbonyl (C=O) groups is 2. The fourth-order valence-electron chi connectivity index (χ4n) is 3.19. The lowest BCUT2D eigenvalue weighted by Crippen LogP contribution is -2.59. The van der Waals surface area contributed by atoms with E-state index in [1.54, 1.807) is 13.8 Å². The second kappa shape index (κ2) is 10.5. The van der Waals surface area contributed by atoms with Gasteiger partial charge in [-0.05, 0) is 0 Å². The Bertz CT molecular complexity index is 869. The van der Waals surface area contributed by atoms with E-state index in [0.29, 0.717) is 12.3 Å². The highest BCUT2D eigenvalue weighted by Crippen LogP contribution is 2.37. The van der Waals surface area contributed by atoms with Crippen LogP contribution in [-0.2, 0) is 24.8 Å². The van der Waals surface area contributed by atoms with Gasteiger partial charge in [-0.3, -0.25) is 23.9 Å². The van der Waals surface area contributed by atoms with Crippen molar-refractivity contribution < 1.29 is 29.3 Å². The van der Waals surface area contributed by atoms with Gasteiger partial charge in [-0.2, -0.15) is 0 Å². The van der Waals surface area contributed by atoms with Crippen molar-refractivity contribution in [3.05, 3.63) is 33.1 Å². The number of aliphatic hydroxyl groups excluding tert-OH is 2. The van der Waals surface area contributed by atoms with Crippen LogP contribution in [0, 0.1) is 5.92 Å². The van der Waals surface area contributed by atoms with Gasteiger partial charge in [-0.1, -0.05) is 25.6 Å². The first kappa shape index (κ1) is 24.4. The quantitative estimate of drug-likeness (QED) is 0.298. The molecular weight excluding hydrogens is 418 g/mol. The lowest BCUT2D eigenvalue weighted by molar-refractivity contribution is -0.178. The average molecular weight is 445 g/mol. The number of nitrogens with one attached hydrogen (secondary N) is 2. The van der Waals surface area contributed by atoms with Crippen LogP contribution in [0.2, 0.25) is 0 Å². The zero-order valence-corrected chi connectivity index (χ0v) is 17.8. The number of ether oxygens (including phenoxy) is 2. The van der Waals surface area contributed by atoms with Crippen LogP contribution in [0.3, 0.4) is 0 Å². The number of H-pyrrole nitrogens is 1. The molecule has 1 aliphatic heterocycles. The molecule has 1 fully saturated rings. The third kappa shape index (κ3) is 4.90. The number of rotatable bonds is 10. The van der Waals surface area contributed by atoms with Gasteiger partial charge in [0, 0.05) is 37.6 Å². The highest BCUT2D eigenvalue weighted by molar-refractivity contribution is 8.13. The topological polar surface area (TPSA) is 160 Å². The summed E-state index contributed by atoms with van der Waals surface area (Å²) >= 11 is 1.14. The number of nitrogens with zero attached hydrogens (tertiary/aromatic N) is 1. The average Bonchev–Trinajstić information content (AvgIpc) is 2.99. The number of carbonyl (C=O) groups excluding carboxylic acids is 2. The van der Waals surface area contributed by atoms with Gasteiger partial charge in [0.25, 0.3) is 5.56 Å². The van der Waals surface area contributed by atoms with Gasteiger partial charge in [0.2, 0.25) is 11.5 Å². The summed E-state index contributed by atoms with van der Waals surface area (Å²) in [4.78, 5) is 50.8. The molecule has 0 spiro atoms. The van der Waals surface area contributed by atoms with Crippen LogP contribution >= 0.6 is 11.8 Å². The molecular formula is C18H27N3O8S. The van der Waals surface area contributed by atoms with Crippen molar-refractivity contribution in [2.75, 3.05) is 32.6 Å². The zero-order valence-electron chi connectivity index (χ0n) is 17.0. The monoisotopic (exact) mass is 445 g/mol. The summed E-state index contributed by atoms with van der Waals surface area (Å²) in [6.45, 7) is 3.03. The first-order valence-electron chi connectivity index (χ1n) is 9.41. The number of thioether (sulfide) groups is 1. The summed E-state index contributed by atoms with van der Waals surface area (Å²) in [5, 5.41) is 22.9. The van der Waals surface area contributed by atoms with Crippen molar-refractivity contribution in [1.29, 1.82) is 0 Å². The summed E-state index contributed by atoms with van der Waals surface area (Å²) in [5.74, 6) is -0.316. The standard InChI is InChI=1S/C18H27N3O8S/c1-10(2)16(26)30-7-5-19-8-12(23)18(21-6-4-13(24)20-17(21)27)15(28-3)14(25)11(9-22)29-18/h4,6,10-11,14-15,19,22,25H,5,7-9H2,1-3H3,(H,20,24,27)/t11-,14-,15-,18-/m1/s1. The Kier molecular flexibility index (Phi) is 8.52. The molecule has 1 aromatic heterocycles. The predicted molar refractivity (Wildman–Crippen MR) is 108 cm³/mol. The molecule has 1 aromatic rings. The number of aromatic nitrogens is 2. The van der Waals surface area contributed by atoms with Gasteiger partial charge in [0.15, 0.2) is 5.12 Å². The van der Waals surface area contributed by atoms with E-state index in [1.807, 2.05) is 4.98 Å². The molecule has 30 heavy (non-hydrogen) atoms. The van der Waals surface area contributed by atoms with Crippen LogP contribution in [-0.4, -0.2) is 81.5 Å². The van der Waals surface area contributed by atoms with Gasteiger partial charge in [-0.15, -0.1) is 0 Å². The lowest BCUT2D eigenvalue weighted by Gasteiger charge is -2.34. The van der Waals surface area contributed by atoms with Gasteiger partial charge < -0.3 is 25.0 Å². The second-order valence-electron chi connectivity index (χ2n) is 7.08. The maximum Gasteiger partial charge on any atom is 0.331 e. The molecule has 168 valence electrons. The summed E-state index contributed by atoms with van der Waals surface area (Å²) in [6.07, 6.45) is -2.82. The van der Waals surface area contributed by atoms with Crippen molar-refractivity contribution in [2.24, 2.45) is 5.92 Å². The third-order valence-electron chi connectivity index (χ3n) is 4.70. The van der Waals surface area contributed by atoms with Crippen molar-refractivity contribution >= 4 is 22.7 Å². The normalized spacial score (nSPS) is 26.3. The van der Waals surface area contributed by atoms with Crippen LogP contribution in [0.15, 0.2) is 21.9 Å². The van der Waals surface area contributed by atoms with Crippen LogP contribution in [0.25, 0.3) is 0 Å². The Hall–Kier alpha value is -1.83. The van der Waals surface area contributed by atoms with Crippen LogP contribution in [0.4, 0.5) is 0 Å². The van der Waals surface area contributed by atoms with E-state index in [9.17, 15) is 29.4 Å². The minimum Gasteiger partial charge on any atom is -0.394 e. The van der Waals surface area contributed by atoms with Crippen LogP contribution in [0.1, 0.15) is 13.8 Å². The Balaban J connectivity index is 2.26. The fraction of sp³-hybridized carbons (Fsp3) is 0.667. The summed E-state index contributed by atoms with van der Waals surface area (Å²) in [5.41, 5.74) is -3.70. The molecule has 0 amide bonds. The van der Waals surface area contributed by atoms with Gasteiger partial charge in [0.05, 0.1) is 13.2 Å². The highest BCUT2D eigenvalue weighted by atomic mass is 32.2. The maximum atomic E-state index is 13.2. The predicted octanol–water partition coefficient (Wildman–Crippen LogP) is -1.97. The summed E-state index contributed by atoms with van der Waals surface area (Å²) in [7, 11) is 1.23. The molecule has 2 rings (SSSR count). The first-order chi connectivity index (χ1) is 14.2. The van der Waals surface area contributed by atoms with E-state index in [4.69, 9.17) is 9.47 Å². The van der Waals surface area contributed by atoms with E-state index < -0.39 is 47.7 Å². The first-order valence-corrected chi connectivity index (χ1v) is 10.4. The van der Waals surface area contributed by atoms with E-state index in [0.717, 1.165) is 28.6 Å². The SMILES string of the molecule is CO[C@@H]1[C@H](O)[C@@H](CO)O[C@@]1(C(=O)CNCCSC(=O)C(C)C)n1ccc(=O)[nH]c1=O. The van der Waals surface area contributed by atoms with Crippen LogP contribution in [0.5, 0.6) is 0 Å². The second-order valence-corrected chi connectivity index (χ2v) is 8.18. The summed E-state index contributed by atoms with van der Waals surface area (Å²) < 4.78 is 11.8. The summed E-state index contributed by atoms with van der Waals surface area (Å²) in [6, 6.07) is 1.03. The lowest BCUT2D eigenvalue weighted by atomic mass is 9.97. The fourth-order valence-corrected chi connectivity index (χ4v) is 3.97. The molecule has 0 radical (unpaired) electrons. The van der Waals surface area contributed by atoms with Gasteiger partial charge >= 0.3 is 5.69 Å². The minimum absolute atomic E-state index is 0.0341. The molecule has 0 unspecified atom stereocenters. The van der Waals surface area contributed by atoms with E-state index in [1.165, 1.54) is 7.11 Å². The highest BCUT2D eigenvalue weighted by Gasteiger charge is 2.61. The Labute approximate surface area is 176 Å². The van der Waals surface area contributed by atoms with Crippen molar-refractivity contribution in [2.45, 2.75) is 37.9 Å². The third-order valence-corrected chi connectivity index (χ3v) is 5.87. The molecule has 0 bridgehead atoms. The Morgan fingerprint density at radius 1 is 1.43 bits per heavy atom. The smallest absolute Gasteiger partial charge is 0.331 e. The zero-order chi connectivity index (χ0) is 22.5. The van der Waals surface area contributed by atoms with E-state index in [2.05, 4.69) is 5.32 Å². The molecule has 0 aliphatic carbocycles.